The standard InChI is InChI=1S/C24H13BrF3N3O2/c25-16-9-10-20-15(11-16)12-21(33-20)22-30-19-8-4-2-6-17(19)23(32)31(22)29-13-14-5-1-3-7-18(14)24(26,27)28/h1-13H. The molecule has 0 saturated carbocycles. The van der Waals surface area contributed by atoms with E-state index in [1.807, 2.05) is 12.1 Å². The molecule has 0 fully saturated rings. The molecule has 2 aromatic heterocycles. The van der Waals surface area contributed by atoms with Crippen LogP contribution in [0.4, 0.5) is 13.2 Å². The molecule has 164 valence electrons. The van der Waals surface area contributed by atoms with Gasteiger partial charge in [-0.15, -0.1) is 0 Å². The maximum Gasteiger partial charge on any atom is 0.417 e. The molecule has 0 bridgehead atoms. The number of hydrogen-bond donors (Lipinski definition) is 0. The second-order valence-electron chi connectivity index (χ2n) is 7.19. The monoisotopic (exact) mass is 511 g/mol. The summed E-state index contributed by atoms with van der Waals surface area (Å²) in [5.41, 5.74) is -0.581. The lowest BCUT2D eigenvalue weighted by molar-refractivity contribution is -0.137. The molecule has 0 aliphatic heterocycles. The summed E-state index contributed by atoms with van der Waals surface area (Å²) < 4.78 is 47.9. The highest BCUT2D eigenvalue weighted by atomic mass is 79.9. The lowest BCUT2D eigenvalue weighted by Crippen LogP contribution is -2.20. The Labute approximate surface area is 192 Å². The van der Waals surface area contributed by atoms with Gasteiger partial charge in [0.25, 0.3) is 5.56 Å². The van der Waals surface area contributed by atoms with E-state index in [1.165, 1.54) is 18.2 Å². The fourth-order valence-corrected chi connectivity index (χ4v) is 3.88. The van der Waals surface area contributed by atoms with Crippen LogP contribution in [0.15, 0.2) is 91.6 Å². The van der Waals surface area contributed by atoms with Crippen molar-refractivity contribution in [3.8, 4) is 11.6 Å². The van der Waals surface area contributed by atoms with Crippen LogP contribution < -0.4 is 5.56 Å². The van der Waals surface area contributed by atoms with Gasteiger partial charge in [-0.05, 0) is 42.5 Å². The van der Waals surface area contributed by atoms with Gasteiger partial charge in [0.2, 0.25) is 5.82 Å². The lowest BCUT2D eigenvalue weighted by Gasteiger charge is -2.10. The van der Waals surface area contributed by atoms with Crippen LogP contribution in [0.5, 0.6) is 0 Å². The Balaban J connectivity index is 1.74. The van der Waals surface area contributed by atoms with Crippen molar-refractivity contribution in [3.05, 3.63) is 98.7 Å². The Bertz CT molecular complexity index is 1600. The third kappa shape index (κ3) is 3.95. The molecular formula is C24H13BrF3N3O2. The van der Waals surface area contributed by atoms with E-state index >= 15 is 0 Å². The van der Waals surface area contributed by atoms with Crippen LogP contribution in [-0.2, 0) is 6.18 Å². The normalized spacial score (nSPS) is 12.2. The van der Waals surface area contributed by atoms with Crippen molar-refractivity contribution in [3.63, 3.8) is 0 Å². The fourth-order valence-electron chi connectivity index (χ4n) is 3.50. The van der Waals surface area contributed by atoms with E-state index in [0.29, 0.717) is 11.1 Å². The van der Waals surface area contributed by atoms with E-state index in [9.17, 15) is 18.0 Å². The van der Waals surface area contributed by atoms with Gasteiger partial charge >= 0.3 is 6.18 Å². The highest BCUT2D eigenvalue weighted by Crippen LogP contribution is 2.32. The molecule has 0 atom stereocenters. The molecule has 0 amide bonds. The van der Waals surface area contributed by atoms with Gasteiger partial charge in [0.15, 0.2) is 5.76 Å². The summed E-state index contributed by atoms with van der Waals surface area (Å²) in [7, 11) is 0. The average Bonchev–Trinajstić information content (AvgIpc) is 3.21. The summed E-state index contributed by atoms with van der Waals surface area (Å²) in [6.45, 7) is 0. The van der Waals surface area contributed by atoms with Gasteiger partial charge in [-0.3, -0.25) is 4.79 Å². The SMILES string of the molecule is O=c1c2ccccc2nc(-c2cc3cc(Br)ccc3o2)n1N=Cc1ccccc1C(F)(F)F. The molecule has 5 nitrogen and oxygen atoms in total. The Morgan fingerprint density at radius 2 is 1.76 bits per heavy atom. The quantitative estimate of drug-likeness (QED) is 0.260. The van der Waals surface area contributed by atoms with Crippen LogP contribution in [0.2, 0.25) is 0 Å². The minimum Gasteiger partial charge on any atom is -0.453 e. The highest BCUT2D eigenvalue weighted by molar-refractivity contribution is 9.10. The molecule has 5 aromatic rings. The second-order valence-corrected chi connectivity index (χ2v) is 8.11. The van der Waals surface area contributed by atoms with Crippen LogP contribution in [0, 0.1) is 0 Å². The highest BCUT2D eigenvalue weighted by Gasteiger charge is 2.32. The third-order valence-corrected chi connectivity index (χ3v) is 5.52. The van der Waals surface area contributed by atoms with E-state index < -0.39 is 17.3 Å². The van der Waals surface area contributed by atoms with Gasteiger partial charge < -0.3 is 4.42 Å². The van der Waals surface area contributed by atoms with E-state index in [0.717, 1.165) is 26.8 Å². The number of hydrogen-bond acceptors (Lipinski definition) is 4. The molecule has 0 unspecified atom stereocenters. The first-order chi connectivity index (χ1) is 15.8. The fraction of sp³-hybridized carbons (Fsp3) is 0.0417. The minimum absolute atomic E-state index is 0.0757. The van der Waals surface area contributed by atoms with Gasteiger partial charge in [0.05, 0.1) is 22.7 Å². The number of furan rings is 1. The van der Waals surface area contributed by atoms with Gasteiger partial charge in [0, 0.05) is 15.4 Å². The van der Waals surface area contributed by atoms with Crippen molar-refractivity contribution < 1.29 is 17.6 Å². The molecule has 0 radical (unpaired) electrons. The molecule has 0 N–H and O–H groups in total. The van der Waals surface area contributed by atoms with Crippen LogP contribution >= 0.6 is 15.9 Å². The van der Waals surface area contributed by atoms with Crippen molar-refractivity contribution in [2.75, 3.05) is 0 Å². The first-order valence-electron chi connectivity index (χ1n) is 9.73. The van der Waals surface area contributed by atoms with Crippen LogP contribution in [0.3, 0.4) is 0 Å². The van der Waals surface area contributed by atoms with E-state index in [1.54, 1.807) is 36.4 Å². The molecule has 2 heterocycles. The van der Waals surface area contributed by atoms with Gasteiger partial charge in [0.1, 0.15) is 5.58 Å². The number of alkyl halides is 3. The molecule has 9 heteroatoms. The molecule has 3 aromatic carbocycles. The van der Waals surface area contributed by atoms with Crippen molar-refractivity contribution in [2.45, 2.75) is 6.18 Å². The zero-order valence-electron chi connectivity index (χ0n) is 16.7. The van der Waals surface area contributed by atoms with Crippen molar-refractivity contribution >= 4 is 44.0 Å². The summed E-state index contributed by atoms with van der Waals surface area (Å²) in [5.74, 6) is 0.332. The third-order valence-electron chi connectivity index (χ3n) is 5.03. The Morgan fingerprint density at radius 1 is 1.00 bits per heavy atom. The first kappa shape index (κ1) is 21.1. The molecule has 0 spiro atoms. The molecule has 0 aliphatic carbocycles. The molecule has 5 rings (SSSR count). The Hall–Kier alpha value is -3.72. The van der Waals surface area contributed by atoms with E-state index in [4.69, 9.17) is 4.42 Å². The maximum atomic E-state index is 13.4. The number of aromatic nitrogens is 2. The zero-order chi connectivity index (χ0) is 23.2. The number of para-hydroxylation sites is 1. The number of benzene rings is 3. The van der Waals surface area contributed by atoms with Gasteiger partial charge in [-0.2, -0.15) is 22.9 Å². The minimum atomic E-state index is -4.57. The summed E-state index contributed by atoms with van der Waals surface area (Å²) >= 11 is 3.40. The number of nitrogens with zero attached hydrogens (tertiary/aromatic N) is 3. The molecule has 0 aliphatic rings. The van der Waals surface area contributed by atoms with Crippen LogP contribution in [-0.4, -0.2) is 15.9 Å². The summed E-state index contributed by atoms with van der Waals surface area (Å²) in [6, 6.07) is 18.8. The van der Waals surface area contributed by atoms with Crippen molar-refractivity contribution in [1.82, 2.24) is 9.66 Å². The summed E-state index contributed by atoms with van der Waals surface area (Å²) in [5, 5.41) is 5.15. The van der Waals surface area contributed by atoms with Gasteiger partial charge in [-0.1, -0.05) is 46.3 Å². The zero-order valence-corrected chi connectivity index (χ0v) is 18.3. The Morgan fingerprint density at radius 3 is 2.58 bits per heavy atom. The van der Waals surface area contributed by atoms with E-state index in [2.05, 4.69) is 26.0 Å². The summed E-state index contributed by atoms with van der Waals surface area (Å²) in [6.07, 6.45) is -3.56. The molecular weight excluding hydrogens is 499 g/mol. The number of halogens is 4. The Kier molecular flexibility index (Phi) is 5.13. The topological polar surface area (TPSA) is 60.4 Å². The number of rotatable bonds is 3. The van der Waals surface area contributed by atoms with Crippen molar-refractivity contribution in [1.29, 1.82) is 0 Å². The summed E-state index contributed by atoms with van der Waals surface area (Å²) in [4.78, 5) is 17.8. The lowest BCUT2D eigenvalue weighted by atomic mass is 10.1. The largest absolute Gasteiger partial charge is 0.453 e. The first-order valence-corrected chi connectivity index (χ1v) is 10.5. The smallest absolute Gasteiger partial charge is 0.417 e. The number of fused-ring (bicyclic) bond motifs is 2. The van der Waals surface area contributed by atoms with E-state index in [-0.39, 0.29) is 22.5 Å². The van der Waals surface area contributed by atoms with Gasteiger partial charge in [-0.25, -0.2) is 4.98 Å². The van der Waals surface area contributed by atoms with Crippen LogP contribution in [0.1, 0.15) is 11.1 Å². The average molecular weight is 512 g/mol. The maximum absolute atomic E-state index is 13.4. The predicted octanol–water partition coefficient (Wildman–Crippen LogP) is 6.47. The van der Waals surface area contributed by atoms with Crippen molar-refractivity contribution in [2.24, 2.45) is 5.10 Å². The second kappa shape index (κ2) is 8.00. The molecule has 0 saturated heterocycles. The van der Waals surface area contributed by atoms with Crippen LogP contribution in [0.25, 0.3) is 33.5 Å². The predicted molar refractivity (Wildman–Crippen MR) is 123 cm³/mol. The molecule has 33 heavy (non-hydrogen) atoms.